The van der Waals surface area contributed by atoms with Crippen molar-refractivity contribution in [2.75, 3.05) is 5.75 Å². The van der Waals surface area contributed by atoms with Crippen molar-refractivity contribution in [3.63, 3.8) is 0 Å². The van der Waals surface area contributed by atoms with Crippen molar-refractivity contribution in [1.82, 2.24) is 5.32 Å². The van der Waals surface area contributed by atoms with Gasteiger partial charge in [-0.25, -0.2) is 13.2 Å². The van der Waals surface area contributed by atoms with Crippen LogP contribution in [0.3, 0.4) is 0 Å². The van der Waals surface area contributed by atoms with Gasteiger partial charge in [-0.15, -0.1) is 0 Å². The highest BCUT2D eigenvalue weighted by Gasteiger charge is 2.36. The first kappa shape index (κ1) is 19.1. The third-order valence-corrected chi connectivity index (χ3v) is 5.56. The second-order valence-corrected chi connectivity index (χ2v) is 9.19. The Morgan fingerprint density at radius 1 is 1.08 bits per heavy atom. The molecule has 0 bridgehead atoms. The molecule has 1 N–H and O–H groups in total. The van der Waals surface area contributed by atoms with Crippen LogP contribution in [0.5, 0.6) is 0 Å². The van der Waals surface area contributed by atoms with E-state index in [9.17, 15) is 13.2 Å². The van der Waals surface area contributed by atoms with E-state index in [0.29, 0.717) is 12.8 Å². The van der Waals surface area contributed by atoms with Gasteiger partial charge < -0.3 is 10.1 Å². The van der Waals surface area contributed by atoms with Crippen molar-refractivity contribution in [3.8, 4) is 0 Å². The summed E-state index contributed by atoms with van der Waals surface area (Å²) < 4.78 is 28.5. The molecule has 1 fully saturated rings. The SMILES string of the molecule is O=C(NC1(CS(=O)(=O)Cl)CCCCCCC1)OCc1ccccc1. The number of rotatable bonds is 5. The highest BCUT2D eigenvalue weighted by atomic mass is 35.7. The molecule has 0 heterocycles. The Bertz CT molecular complexity index is 625. The Morgan fingerprint density at radius 3 is 2.25 bits per heavy atom. The van der Waals surface area contributed by atoms with E-state index >= 15 is 0 Å². The quantitative estimate of drug-likeness (QED) is 0.793. The first-order valence-electron chi connectivity index (χ1n) is 8.30. The maximum atomic E-state index is 12.2. The fraction of sp³-hybridized carbons (Fsp3) is 0.588. The van der Waals surface area contributed by atoms with Crippen LogP contribution < -0.4 is 5.32 Å². The maximum absolute atomic E-state index is 12.2. The number of carbonyl (C=O) groups is 1. The third kappa shape index (κ3) is 6.69. The Morgan fingerprint density at radius 2 is 1.67 bits per heavy atom. The summed E-state index contributed by atoms with van der Waals surface area (Å²) in [6.45, 7) is 0.149. The molecule has 1 aliphatic rings. The minimum Gasteiger partial charge on any atom is -0.445 e. The highest BCUT2D eigenvalue weighted by molar-refractivity contribution is 8.13. The number of carbonyl (C=O) groups excluding carboxylic acids is 1. The molecule has 0 unspecified atom stereocenters. The Kier molecular flexibility index (Phi) is 6.92. The summed E-state index contributed by atoms with van der Waals surface area (Å²) in [5.74, 6) is -0.262. The fourth-order valence-electron chi connectivity index (χ4n) is 3.19. The van der Waals surface area contributed by atoms with Crippen molar-refractivity contribution in [2.45, 2.75) is 57.1 Å². The Hall–Kier alpha value is -1.27. The first-order chi connectivity index (χ1) is 11.4. The van der Waals surface area contributed by atoms with Gasteiger partial charge in [-0.2, -0.15) is 0 Å². The zero-order valence-corrected chi connectivity index (χ0v) is 15.2. The van der Waals surface area contributed by atoms with Crippen LogP contribution in [0.2, 0.25) is 0 Å². The van der Waals surface area contributed by atoms with Crippen LogP contribution >= 0.6 is 10.7 Å². The molecule has 24 heavy (non-hydrogen) atoms. The summed E-state index contributed by atoms with van der Waals surface area (Å²) in [5, 5.41) is 2.80. The number of ether oxygens (including phenoxy) is 1. The van der Waals surface area contributed by atoms with Crippen LogP contribution in [0, 0.1) is 0 Å². The van der Waals surface area contributed by atoms with Gasteiger partial charge >= 0.3 is 6.09 Å². The van der Waals surface area contributed by atoms with Gasteiger partial charge in [0.1, 0.15) is 6.61 Å². The molecule has 0 aromatic heterocycles. The minimum absolute atomic E-state index is 0.149. The molecular weight excluding hydrogens is 350 g/mol. The number of nitrogens with one attached hydrogen (secondary N) is 1. The summed E-state index contributed by atoms with van der Waals surface area (Å²) >= 11 is 0. The second kappa shape index (κ2) is 8.72. The van der Waals surface area contributed by atoms with Gasteiger partial charge in [0.25, 0.3) is 0 Å². The average molecular weight is 374 g/mol. The third-order valence-electron chi connectivity index (χ3n) is 4.34. The molecule has 1 aliphatic carbocycles. The molecule has 1 amide bonds. The Labute approximate surface area is 148 Å². The van der Waals surface area contributed by atoms with Crippen LogP contribution in [-0.4, -0.2) is 25.8 Å². The van der Waals surface area contributed by atoms with Crippen molar-refractivity contribution >= 4 is 25.8 Å². The van der Waals surface area contributed by atoms with Crippen LogP contribution in [0.1, 0.15) is 50.5 Å². The summed E-state index contributed by atoms with van der Waals surface area (Å²) in [5.41, 5.74) is 0.0405. The number of alkyl carbamates (subject to hydrolysis) is 1. The molecular formula is C17H24ClNO4S. The zero-order valence-electron chi connectivity index (χ0n) is 13.7. The number of hydrogen-bond donors (Lipinski definition) is 1. The van der Waals surface area contributed by atoms with E-state index in [1.165, 1.54) is 0 Å². The number of halogens is 1. The summed E-state index contributed by atoms with van der Waals surface area (Å²) in [6.07, 6.45) is 5.53. The van der Waals surface area contributed by atoms with E-state index in [1.807, 2.05) is 30.3 Å². The Balaban J connectivity index is 2.01. The van der Waals surface area contributed by atoms with E-state index < -0.39 is 20.7 Å². The topological polar surface area (TPSA) is 72.5 Å². The summed E-state index contributed by atoms with van der Waals surface area (Å²) in [6, 6.07) is 9.35. The highest BCUT2D eigenvalue weighted by Crippen LogP contribution is 2.29. The van der Waals surface area contributed by atoms with Gasteiger partial charge in [0, 0.05) is 10.7 Å². The zero-order chi connectivity index (χ0) is 17.5. The van der Waals surface area contributed by atoms with Gasteiger partial charge in [-0.05, 0) is 18.4 Å². The van der Waals surface area contributed by atoms with E-state index in [-0.39, 0.29) is 12.4 Å². The molecule has 1 aromatic rings. The maximum Gasteiger partial charge on any atom is 0.407 e. The van der Waals surface area contributed by atoms with E-state index in [4.69, 9.17) is 15.4 Å². The van der Waals surface area contributed by atoms with Gasteiger partial charge in [0.2, 0.25) is 9.05 Å². The molecule has 2 rings (SSSR count). The van der Waals surface area contributed by atoms with E-state index in [0.717, 1.165) is 37.7 Å². The van der Waals surface area contributed by atoms with E-state index in [1.54, 1.807) is 0 Å². The minimum atomic E-state index is -3.72. The van der Waals surface area contributed by atoms with Crippen molar-refractivity contribution in [3.05, 3.63) is 35.9 Å². The standard InChI is InChI=1S/C17H24ClNO4S/c18-24(21,22)14-17(11-7-2-1-3-8-12-17)19-16(20)23-13-15-9-5-4-6-10-15/h4-6,9-10H,1-3,7-8,11-14H2,(H,19,20). The van der Waals surface area contributed by atoms with Crippen molar-refractivity contribution < 1.29 is 17.9 Å². The normalized spacial score (nSPS) is 18.2. The number of amides is 1. The predicted octanol–water partition coefficient (Wildman–Crippen LogP) is 3.96. The van der Waals surface area contributed by atoms with E-state index in [2.05, 4.69) is 5.32 Å². The lowest BCUT2D eigenvalue weighted by Crippen LogP contribution is -2.53. The molecule has 0 aliphatic heterocycles. The first-order valence-corrected chi connectivity index (χ1v) is 10.8. The fourth-order valence-corrected chi connectivity index (χ4v) is 4.84. The summed E-state index contributed by atoms with van der Waals surface area (Å²) in [7, 11) is 1.77. The molecule has 1 aromatic carbocycles. The molecule has 0 saturated heterocycles. The molecule has 0 radical (unpaired) electrons. The van der Waals surface area contributed by atoms with Gasteiger partial charge in [-0.1, -0.05) is 62.4 Å². The lowest BCUT2D eigenvalue weighted by atomic mass is 9.85. The van der Waals surface area contributed by atoms with Gasteiger partial charge in [0.05, 0.1) is 11.3 Å². The molecule has 5 nitrogen and oxygen atoms in total. The molecule has 1 saturated carbocycles. The van der Waals surface area contributed by atoms with Crippen LogP contribution in [-0.2, 0) is 20.4 Å². The number of benzene rings is 1. The molecule has 134 valence electrons. The van der Waals surface area contributed by atoms with Crippen LogP contribution in [0.4, 0.5) is 4.79 Å². The smallest absolute Gasteiger partial charge is 0.407 e. The van der Waals surface area contributed by atoms with Gasteiger partial charge in [0.15, 0.2) is 0 Å². The number of hydrogen-bond acceptors (Lipinski definition) is 4. The van der Waals surface area contributed by atoms with Crippen LogP contribution in [0.15, 0.2) is 30.3 Å². The lowest BCUT2D eigenvalue weighted by Gasteiger charge is -2.35. The van der Waals surface area contributed by atoms with Crippen molar-refractivity contribution in [1.29, 1.82) is 0 Å². The largest absolute Gasteiger partial charge is 0.445 e. The summed E-state index contributed by atoms with van der Waals surface area (Å²) in [4.78, 5) is 12.2. The van der Waals surface area contributed by atoms with Crippen LogP contribution in [0.25, 0.3) is 0 Å². The predicted molar refractivity (Wildman–Crippen MR) is 94.5 cm³/mol. The molecule has 0 atom stereocenters. The van der Waals surface area contributed by atoms with Gasteiger partial charge in [-0.3, -0.25) is 0 Å². The molecule has 0 spiro atoms. The average Bonchev–Trinajstić information content (AvgIpc) is 2.49. The van der Waals surface area contributed by atoms with Crippen molar-refractivity contribution in [2.24, 2.45) is 0 Å². The monoisotopic (exact) mass is 373 g/mol. The molecule has 7 heteroatoms. The lowest BCUT2D eigenvalue weighted by molar-refractivity contribution is 0.123. The second-order valence-electron chi connectivity index (χ2n) is 6.42.